The summed E-state index contributed by atoms with van der Waals surface area (Å²) >= 11 is 0. The zero-order valence-corrected chi connectivity index (χ0v) is 24.2. The molecule has 2 aromatic carbocycles. The molecule has 0 amide bonds. The van der Waals surface area contributed by atoms with E-state index in [2.05, 4.69) is 160 Å². The first-order chi connectivity index (χ1) is 19.1. The molecule has 196 valence electrons. The van der Waals surface area contributed by atoms with Gasteiger partial charge >= 0.3 is 0 Å². The van der Waals surface area contributed by atoms with Crippen LogP contribution in [0.15, 0.2) is 146 Å². The van der Waals surface area contributed by atoms with E-state index in [1.54, 1.807) is 0 Å². The summed E-state index contributed by atoms with van der Waals surface area (Å²) in [6.45, 7) is 4.56. The zero-order valence-electron chi connectivity index (χ0n) is 22.4. The Morgan fingerprint density at radius 1 is 0.436 bits per heavy atom. The molecule has 2 aromatic rings. The first-order valence-electron chi connectivity index (χ1n) is 13.6. The fraction of sp³-hybridized carbons (Fsp3) is 0.200. The third kappa shape index (κ3) is 5.74. The van der Waals surface area contributed by atoms with E-state index < -0.39 is 16.3 Å². The van der Waals surface area contributed by atoms with Crippen molar-refractivity contribution in [1.82, 2.24) is 0 Å². The third-order valence-electron chi connectivity index (χ3n) is 7.66. The lowest BCUT2D eigenvalue weighted by atomic mass is 9.78. The Labute approximate surface area is 235 Å². The predicted molar refractivity (Wildman–Crippen MR) is 168 cm³/mol. The van der Waals surface area contributed by atoms with Gasteiger partial charge in [-0.1, -0.05) is 135 Å². The van der Waals surface area contributed by atoms with Crippen LogP contribution in [-0.4, -0.2) is 22.6 Å². The van der Waals surface area contributed by atoms with Crippen molar-refractivity contribution in [3.63, 3.8) is 0 Å². The van der Waals surface area contributed by atoms with Crippen LogP contribution >= 0.6 is 16.3 Å². The maximum Gasteiger partial charge on any atom is 0.123 e. The Kier molecular flexibility index (Phi) is 7.69. The van der Waals surface area contributed by atoms with E-state index >= 15 is 0 Å². The number of hydrogen-bond acceptors (Lipinski definition) is 2. The Morgan fingerprint density at radius 3 is 0.949 bits per heavy atom. The third-order valence-corrected chi connectivity index (χ3v) is 12.2. The molecule has 0 N–H and O–H groups in total. The molecule has 0 aliphatic heterocycles. The molecule has 0 atom stereocenters. The van der Waals surface area contributed by atoms with Gasteiger partial charge in [0.15, 0.2) is 0 Å². The minimum absolute atomic E-state index is 0.145. The normalized spacial score (nSPS) is 18.8. The molecule has 0 fully saturated rings. The Hall–Kier alpha value is -3.18. The largest absolute Gasteiger partial charge is 0.472 e. The summed E-state index contributed by atoms with van der Waals surface area (Å²) in [7, 11) is -1.43. The van der Waals surface area contributed by atoms with E-state index in [9.17, 15) is 0 Å². The average Bonchev–Trinajstić information content (AvgIpc) is 3.79. The topological polar surface area (TPSA) is 18.5 Å². The summed E-state index contributed by atoms with van der Waals surface area (Å²) in [4.78, 5) is 0. The van der Waals surface area contributed by atoms with Gasteiger partial charge in [-0.2, -0.15) is 0 Å². The predicted octanol–water partition coefficient (Wildman–Crippen LogP) is 9.54. The quantitative estimate of drug-likeness (QED) is 0.275. The van der Waals surface area contributed by atoms with E-state index in [-0.39, 0.29) is 5.41 Å². The van der Waals surface area contributed by atoms with Gasteiger partial charge in [-0.05, 0) is 35.4 Å². The molecule has 0 spiro atoms. The highest BCUT2D eigenvalue weighted by atomic mass is 31.1. The van der Waals surface area contributed by atoms with Crippen LogP contribution in [0.3, 0.4) is 0 Å². The summed E-state index contributed by atoms with van der Waals surface area (Å²) < 4.78 is 13.2. The Bertz CT molecular complexity index is 1190. The van der Waals surface area contributed by atoms with Crippen molar-refractivity contribution < 1.29 is 9.05 Å². The van der Waals surface area contributed by atoms with E-state index in [0.717, 1.165) is 11.5 Å². The van der Waals surface area contributed by atoms with Crippen LogP contribution in [0.2, 0.25) is 0 Å². The monoisotopic (exact) mass is 548 g/mol. The van der Waals surface area contributed by atoms with Crippen LogP contribution < -0.4 is 9.05 Å². The van der Waals surface area contributed by atoms with E-state index in [0.29, 0.717) is 22.6 Å². The average molecular weight is 549 g/mol. The maximum absolute atomic E-state index is 6.62. The van der Waals surface area contributed by atoms with Gasteiger partial charge in [0, 0.05) is 5.41 Å². The van der Waals surface area contributed by atoms with Crippen molar-refractivity contribution in [2.24, 2.45) is 0 Å². The summed E-state index contributed by atoms with van der Waals surface area (Å²) in [5.74, 6) is 1.87. The maximum atomic E-state index is 6.62. The van der Waals surface area contributed by atoms with E-state index in [1.807, 2.05) is 0 Å². The molecule has 4 aliphatic carbocycles. The van der Waals surface area contributed by atoms with Crippen LogP contribution in [0.4, 0.5) is 0 Å². The molecule has 4 heteroatoms. The Morgan fingerprint density at radius 2 is 0.692 bits per heavy atom. The standard InChI is InChI=1S/C35H34O2P2/c1-35(2,27-19-23-29(24-20-27)36-38(31-11-3-4-12-31)32-13-5-6-14-32)28-21-25-30(26-22-28)37-39(33-15-7-8-16-33)34-17-9-10-18-34/h3-26,31-34H,1-2H3. The lowest BCUT2D eigenvalue weighted by Crippen LogP contribution is -2.18. The second kappa shape index (κ2) is 11.5. The molecule has 6 rings (SSSR count). The molecule has 39 heavy (non-hydrogen) atoms. The molecule has 0 heterocycles. The van der Waals surface area contributed by atoms with Crippen molar-refractivity contribution in [2.75, 3.05) is 0 Å². The van der Waals surface area contributed by atoms with Crippen LogP contribution in [0.1, 0.15) is 25.0 Å². The lowest BCUT2D eigenvalue weighted by molar-refractivity contribution is 0.598. The van der Waals surface area contributed by atoms with Gasteiger partial charge in [-0.25, -0.2) is 0 Å². The number of hydrogen-bond donors (Lipinski definition) is 0. The molecule has 4 aliphatic rings. The number of allylic oxidation sites excluding steroid dienone is 16. The SMILES string of the molecule is CC(C)(c1ccc(OP(C2C=CC=C2)C2C=CC=C2)cc1)c1ccc(OP(C2C=CC=C2)C2C=CC=C2)cc1. The fourth-order valence-electron chi connectivity index (χ4n) is 5.28. The van der Waals surface area contributed by atoms with Gasteiger partial charge in [-0.3, -0.25) is 0 Å². The van der Waals surface area contributed by atoms with Crippen LogP contribution in [0, 0.1) is 0 Å². The van der Waals surface area contributed by atoms with Gasteiger partial charge in [0.05, 0.1) is 22.6 Å². The van der Waals surface area contributed by atoms with Crippen molar-refractivity contribution >= 4 is 16.3 Å². The fourth-order valence-corrected chi connectivity index (χ4v) is 9.44. The van der Waals surface area contributed by atoms with Crippen molar-refractivity contribution in [1.29, 1.82) is 0 Å². The first-order valence-corrected chi connectivity index (χ1v) is 16.4. The highest BCUT2D eigenvalue weighted by Crippen LogP contribution is 2.53. The van der Waals surface area contributed by atoms with Crippen LogP contribution in [-0.2, 0) is 5.41 Å². The molecule has 0 bridgehead atoms. The van der Waals surface area contributed by atoms with Gasteiger partial charge in [0.25, 0.3) is 0 Å². The number of benzene rings is 2. The summed E-state index contributed by atoms with van der Waals surface area (Å²) in [5.41, 5.74) is 3.76. The van der Waals surface area contributed by atoms with Gasteiger partial charge in [0.2, 0.25) is 0 Å². The molecule has 0 saturated carbocycles. The second-order valence-corrected chi connectivity index (χ2v) is 14.8. The van der Waals surface area contributed by atoms with Gasteiger partial charge in [0.1, 0.15) is 27.8 Å². The molecular weight excluding hydrogens is 514 g/mol. The van der Waals surface area contributed by atoms with Gasteiger partial charge in [-0.15, -0.1) is 0 Å². The minimum Gasteiger partial charge on any atom is -0.472 e. The summed E-state index contributed by atoms with van der Waals surface area (Å²) in [5, 5.41) is 0. The molecule has 0 unspecified atom stereocenters. The van der Waals surface area contributed by atoms with Crippen molar-refractivity contribution in [3.8, 4) is 11.5 Å². The number of rotatable bonds is 10. The van der Waals surface area contributed by atoms with Crippen LogP contribution in [0.25, 0.3) is 0 Å². The molecular formula is C35H34O2P2. The summed E-state index contributed by atoms with van der Waals surface area (Å²) in [6, 6.07) is 17.4. The zero-order chi connectivity index (χ0) is 26.7. The highest BCUT2D eigenvalue weighted by Gasteiger charge is 2.30. The molecule has 0 radical (unpaired) electrons. The smallest absolute Gasteiger partial charge is 0.123 e. The Balaban J connectivity index is 1.15. The molecule has 2 nitrogen and oxygen atoms in total. The van der Waals surface area contributed by atoms with Gasteiger partial charge < -0.3 is 9.05 Å². The highest BCUT2D eigenvalue weighted by molar-refractivity contribution is 7.55. The van der Waals surface area contributed by atoms with Crippen molar-refractivity contribution in [3.05, 3.63) is 157 Å². The summed E-state index contributed by atoms with van der Waals surface area (Å²) in [6.07, 6.45) is 35.0. The first kappa shape index (κ1) is 26.1. The van der Waals surface area contributed by atoms with Crippen LogP contribution in [0.5, 0.6) is 11.5 Å². The van der Waals surface area contributed by atoms with E-state index in [1.165, 1.54) is 11.1 Å². The second-order valence-electron chi connectivity index (χ2n) is 10.6. The molecule has 0 aromatic heterocycles. The van der Waals surface area contributed by atoms with E-state index in [4.69, 9.17) is 9.05 Å². The minimum atomic E-state index is -0.716. The van der Waals surface area contributed by atoms with Crippen molar-refractivity contribution in [2.45, 2.75) is 41.9 Å². The molecule has 0 saturated heterocycles. The lowest BCUT2D eigenvalue weighted by Gasteiger charge is -2.29.